The number of ether oxygens (including phenoxy) is 20. The van der Waals surface area contributed by atoms with Crippen LogP contribution >= 0.6 is 0 Å². The van der Waals surface area contributed by atoms with Crippen LogP contribution in [0.1, 0.15) is 96.8 Å². The molecule has 0 aromatic rings. The Hall–Kier alpha value is -1.10. The minimum atomic E-state index is 0.0200. The average molecular weight is 1150 g/mol. The predicted molar refractivity (Wildman–Crippen MR) is 303 cm³/mol. The lowest BCUT2D eigenvalue weighted by molar-refractivity contribution is -0.0315. The van der Waals surface area contributed by atoms with E-state index in [9.17, 15) is 0 Å². The number of hydrogen-bond donors (Lipinski definition) is 1. The highest BCUT2D eigenvalue weighted by molar-refractivity contribution is 4.81. The van der Waals surface area contributed by atoms with Gasteiger partial charge in [-0.2, -0.15) is 0 Å². The first kappa shape index (κ1) is 77.9. The monoisotopic (exact) mass is 1150 g/mol. The third kappa shape index (κ3) is 76.9. The first-order chi connectivity index (χ1) is 39.4. The van der Waals surface area contributed by atoms with Gasteiger partial charge < -0.3 is 99.8 Å². The third-order valence-electron chi connectivity index (χ3n) is 11.1. The van der Waals surface area contributed by atoms with Crippen molar-refractivity contribution in [3.8, 4) is 0 Å². The number of unbranched alkanes of at least 4 members (excludes halogenated alkanes) is 12. The Morgan fingerprint density at radius 2 is 0.329 bits per heavy atom. The van der Waals surface area contributed by atoms with E-state index >= 15 is 0 Å². The zero-order valence-corrected chi connectivity index (χ0v) is 49.7. The predicted octanol–water partition coefficient (Wildman–Crippen LogP) is 6.35. The molecule has 0 atom stereocenters. The Morgan fingerprint density at radius 3 is 0.519 bits per heavy atom. The quantitative estimate of drug-likeness (QED) is 0.0521. The summed E-state index contributed by atoms with van der Waals surface area (Å²) >= 11 is 0. The van der Waals surface area contributed by atoms with Crippen LogP contribution in [-0.2, 0) is 94.7 Å². The van der Waals surface area contributed by atoms with E-state index in [2.05, 4.69) is 19.1 Å². The first-order valence-corrected chi connectivity index (χ1v) is 30.2. The SMILES string of the molecule is CCCCCCCCC=CCCCCCCCCOCCOCCOCCOCCOCCOCCOCCOCCOCCOCCOCCOCCOCCOCCOCCOCCOCCOCCOCCOCCO. The normalized spacial score (nSPS) is 11.9. The summed E-state index contributed by atoms with van der Waals surface area (Å²) in [5.74, 6) is 0. The highest BCUT2D eigenvalue weighted by Gasteiger charge is 2.00. The van der Waals surface area contributed by atoms with Gasteiger partial charge >= 0.3 is 0 Å². The summed E-state index contributed by atoms with van der Waals surface area (Å²) in [6.07, 6.45) is 23.2. The molecule has 474 valence electrons. The molecule has 0 radical (unpaired) electrons. The number of hydrogen-bond acceptors (Lipinski definition) is 21. The van der Waals surface area contributed by atoms with E-state index in [0.29, 0.717) is 258 Å². The Balaban J connectivity index is 3.09. The molecule has 0 heterocycles. The second-order valence-corrected chi connectivity index (χ2v) is 17.9. The lowest BCUT2D eigenvalue weighted by Gasteiger charge is -2.09. The van der Waals surface area contributed by atoms with Crippen LogP contribution in [0.3, 0.4) is 0 Å². The molecule has 0 saturated heterocycles. The number of aliphatic hydroxyl groups is 1. The summed E-state index contributed by atoms with van der Waals surface area (Å²) in [7, 11) is 0. The zero-order valence-electron chi connectivity index (χ0n) is 49.7. The van der Waals surface area contributed by atoms with Crippen LogP contribution in [0.15, 0.2) is 12.2 Å². The molecule has 0 rings (SSSR count). The van der Waals surface area contributed by atoms with Gasteiger partial charge in [0.25, 0.3) is 0 Å². The molecule has 0 bridgehead atoms. The molecule has 21 heteroatoms. The third-order valence-corrected chi connectivity index (χ3v) is 11.1. The van der Waals surface area contributed by atoms with Crippen LogP contribution in [-0.4, -0.2) is 276 Å². The standard InChI is InChI=1S/C58H116O21/c1-2-3-4-5-6-7-8-9-10-11-12-13-14-15-16-17-19-60-21-23-62-25-27-64-29-31-66-33-35-68-37-39-70-41-43-72-45-47-74-49-51-76-53-55-78-57-58-79-56-54-77-52-50-75-48-46-73-44-42-71-40-38-69-36-34-67-32-30-65-28-26-63-24-22-61-20-18-59/h9-10,59H,2-8,11-58H2,1H3. The highest BCUT2D eigenvalue weighted by atomic mass is 16.6. The zero-order chi connectivity index (χ0) is 56.4. The van der Waals surface area contributed by atoms with Gasteiger partial charge in [-0.15, -0.1) is 0 Å². The van der Waals surface area contributed by atoms with Crippen LogP contribution in [0.5, 0.6) is 0 Å². The van der Waals surface area contributed by atoms with Gasteiger partial charge in [-0.1, -0.05) is 76.9 Å². The Kier molecular flexibility index (Phi) is 75.8. The van der Waals surface area contributed by atoms with Crippen molar-refractivity contribution in [2.24, 2.45) is 0 Å². The van der Waals surface area contributed by atoms with Gasteiger partial charge in [-0.25, -0.2) is 0 Å². The number of aliphatic hydroxyl groups excluding tert-OH is 1. The molecule has 0 aliphatic heterocycles. The molecule has 0 aliphatic rings. The summed E-state index contributed by atoms with van der Waals surface area (Å²) in [5, 5.41) is 8.61. The Morgan fingerprint density at radius 1 is 0.177 bits per heavy atom. The maximum absolute atomic E-state index is 8.61. The molecular weight excluding hydrogens is 1030 g/mol. The molecule has 0 saturated carbocycles. The molecular formula is C58H116O21. The minimum absolute atomic E-state index is 0.0200. The van der Waals surface area contributed by atoms with Crippen LogP contribution in [0.2, 0.25) is 0 Å². The van der Waals surface area contributed by atoms with Crippen molar-refractivity contribution in [3.05, 3.63) is 12.2 Å². The van der Waals surface area contributed by atoms with Gasteiger partial charge in [-0.05, 0) is 32.1 Å². The summed E-state index contributed by atoms with van der Waals surface area (Å²) in [6, 6.07) is 0. The van der Waals surface area contributed by atoms with Gasteiger partial charge in [-0.3, -0.25) is 0 Å². The van der Waals surface area contributed by atoms with Gasteiger partial charge in [0.1, 0.15) is 0 Å². The molecule has 0 unspecified atom stereocenters. The Bertz CT molecular complexity index is 1070. The fourth-order valence-corrected chi connectivity index (χ4v) is 6.80. The topological polar surface area (TPSA) is 205 Å². The van der Waals surface area contributed by atoms with E-state index in [1.54, 1.807) is 0 Å². The van der Waals surface area contributed by atoms with Crippen molar-refractivity contribution in [3.63, 3.8) is 0 Å². The smallest absolute Gasteiger partial charge is 0.0701 e. The lowest BCUT2D eigenvalue weighted by atomic mass is 10.1. The van der Waals surface area contributed by atoms with Gasteiger partial charge in [0.2, 0.25) is 0 Å². The van der Waals surface area contributed by atoms with E-state index in [1.807, 2.05) is 0 Å². The summed E-state index contributed by atoms with van der Waals surface area (Å²) in [5.41, 5.74) is 0. The van der Waals surface area contributed by atoms with Crippen LogP contribution in [0.4, 0.5) is 0 Å². The summed E-state index contributed by atoms with van der Waals surface area (Å²) in [6.45, 7) is 22.7. The van der Waals surface area contributed by atoms with Gasteiger partial charge in [0.05, 0.1) is 264 Å². The molecule has 0 aromatic heterocycles. The van der Waals surface area contributed by atoms with Gasteiger partial charge in [0, 0.05) is 6.61 Å². The van der Waals surface area contributed by atoms with Crippen LogP contribution in [0.25, 0.3) is 0 Å². The largest absolute Gasteiger partial charge is 0.394 e. The molecule has 0 aliphatic carbocycles. The molecule has 1 N–H and O–H groups in total. The molecule has 0 aromatic carbocycles. The Labute approximate surface area is 478 Å². The minimum Gasteiger partial charge on any atom is -0.394 e. The highest BCUT2D eigenvalue weighted by Crippen LogP contribution is 2.10. The molecule has 21 nitrogen and oxygen atoms in total. The average Bonchev–Trinajstić information content (AvgIpc) is 3.46. The lowest BCUT2D eigenvalue weighted by Crippen LogP contribution is -2.16. The van der Waals surface area contributed by atoms with Crippen LogP contribution in [0, 0.1) is 0 Å². The van der Waals surface area contributed by atoms with Crippen molar-refractivity contribution < 1.29 is 99.8 Å². The summed E-state index contributed by atoms with van der Waals surface area (Å²) < 4.78 is 110. The molecule has 79 heavy (non-hydrogen) atoms. The van der Waals surface area contributed by atoms with E-state index in [-0.39, 0.29) is 6.61 Å². The van der Waals surface area contributed by atoms with E-state index in [0.717, 1.165) is 13.0 Å². The van der Waals surface area contributed by atoms with Crippen LogP contribution < -0.4 is 0 Å². The molecule has 0 spiro atoms. The van der Waals surface area contributed by atoms with Crippen molar-refractivity contribution in [1.29, 1.82) is 0 Å². The van der Waals surface area contributed by atoms with Gasteiger partial charge in [0.15, 0.2) is 0 Å². The second kappa shape index (κ2) is 76.9. The van der Waals surface area contributed by atoms with Crippen molar-refractivity contribution >= 4 is 0 Å². The first-order valence-electron chi connectivity index (χ1n) is 30.2. The fourth-order valence-electron chi connectivity index (χ4n) is 6.80. The van der Waals surface area contributed by atoms with E-state index in [4.69, 9.17) is 99.8 Å². The van der Waals surface area contributed by atoms with Crippen molar-refractivity contribution in [2.45, 2.75) is 96.8 Å². The number of allylic oxidation sites excluding steroid dienone is 2. The van der Waals surface area contributed by atoms with Crippen molar-refractivity contribution in [2.75, 3.05) is 271 Å². The maximum Gasteiger partial charge on any atom is 0.0701 e. The molecule has 0 amide bonds. The molecule has 0 fully saturated rings. The van der Waals surface area contributed by atoms with E-state index < -0.39 is 0 Å². The second-order valence-electron chi connectivity index (χ2n) is 17.9. The fraction of sp³-hybridized carbons (Fsp3) is 0.966. The number of rotatable bonds is 75. The van der Waals surface area contributed by atoms with E-state index in [1.165, 1.54) is 83.5 Å². The van der Waals surface area contributed by atoms with Crippen molar-refractivity contribution in [1.82, 2.24) is 0 Å². The maximum atomic E-state index is 8.61. The summed E-state index contributed by atoms with van der Waals surface area (Å²) in [4.78, 5) is 0.